The number of benzene rings is 2. The minimum Gasteiger partial charge on any atom is -0.508 e. The topological polar surface area (TPSA) is 67.2 Å². The van der Waals surface area contributed by atoms with Gasteiger partial charge in [0, 0.05) is 28.0 Å². The number of nitrogens with zero attached hydrogens (tertiary/aromatic N) is 2. The lowest BCUT2D eigenvalue weighted by Gasteiger charge is -2.05. The van der Waals surface area contributed by atoms with Gasteiger partial charge in [-0.2, -0.15) is 0 Å². The Balaban J connectivity index is 1.49. The predicted molar refractivity (Wildman–Crippen MR) is 105 cm³/mol. The summed E-state index contributed by atoms with van der Waals surface area (Å²) in [5.41, 5.74) is 3.86. The van der Waals surface area contributed by atoms with Gasteiger partial charge in [-0.1, -0.05) is 18.2 Å². The smallest absolute Gasteiger partial charge is 0.246 e. The van der Waals surface area contributed by atoms with E-state index in [0.29, 0.717) is 5.13 Å². The molecule has 0 bridgehead atoms. The van der Waals surface area contributed by atoms with Gasteiger partial charge in [-0.15, -0.1) is 11.3 Å². The lowest BCUT2D eigenvalue weighted by molar-refractivity contribution is -0.116. The maximum Gasteiger partial charge on any atom is 0.246 e. The number of anilines is 1. The van der Waals surface area contributed by atoms with E-state index in [1.165, 1.54) is 11.3 Å². The van der Waals surface area contributed by atoms with Crippen molar-refractivity contribution in [1.29, 1.82) is 0 Å². The molecule has 0 fully saturated rings. The predicted octanol–water partition coefficient (Wildman–Crippen LogP) is 4.42. The minimum absolute atomic E-state index is 0.114. The fraction of sp³-hybridized carbons (Fsp3) is 0.100. The molecule has 0 aliphatic carbocycles. The van der Waals surface area contributed by atoms with Gasteiger partial charge in [0.2, 0.25) is 5.91 Å². The Bertz CT molecular complexity index is 1080. The highest BCUT2D eigenvalue weighted by Crippen LogP contribution is 2.26. The molecule has 4 rings (SSSR count). The van der Waals surface area contributed by atoms with Crippen LogP contribution in [0.4, 0.5) is 5.13 Å². The van der Waals surface area contributed by atoms with Crippen LogP contribution in [0.5, 0.6) is 5.75 Å². The van der Waals surface area contributed by atoms with Crippen LogP contribution in [0.25, 0.3) is 22.2 Å². The molecule has 2 aromatic heterocycles. The number of aryl methyl sites for hydroxylation is 1. The Morgan fingerprint density at radius 3 is 2.77 bits per heavy atom. The van der Waals surface area contributed by atoms with Crippen LogP contribution >= 0.6 is 11.3 Å². The van der Waals surface area contributed by atoms with Crippen LogP contribution in [0, 0.1) is 6.92 Å². The lowest BCUT2D eigenvalue weighted by Crippen LogP contribution is -2.18. The highest BCUT2D eigenvalue weighted by atomic mass is 32.1. The number of carbonyl (C=O) groups is 1. The summed E-state index contributed by atoms with van der Waals surface area (Å²) in [5.74, 6) is 0.101. The lowest BCUT2D eigenvalue weighted by atomic mass is 10.2. The van der Waals surface area contributed by atoms with Crippen molar-refractivity contribution in [1.82, 2.24) is 9.55 Å². The third kappa shape index (κ3) is 3.19. The van der Waals surface area contributed by atoms with Crippen molar-refractivity contribution in [3.63, 3.8) is 0 Å². The minimum atomic E-state index is -0.114. The number of amides is 1. The first-order valence-electron chi connectivity index (χ1n) is 8.19. The van der Waals surface area contributed by atoms with Crippen LogP contribution in [0.3, 0.4) is 0 Å². The number of thiazole rings is 1. The molecular formula is C20H17N3O2S. The molecule has 0 atom stereocenters. The zero-order valence-corrected chi connectivity index (χ0v) is 15.0. The van der Waals surface area contributed by atoms with Crippen LogP contribution in [-0.2, 0) is 11.3 Å². The quantitative estimate of drug-likeness (QED) is 0.564. The number of fused-ring (bicyclic) bond motifs is 1. The molecule has 0 unspecified atom stereocenters. The zero-order chi connectivity index (χ0) is 18.1. The summed E-state index contributed by atoms with van der Waals surface area (Å²) in [6.07, 6.45) is 1.99. The van der Waals surface area contributed by atoms with Crippen molar-refractivity contribution in [3.05, 3.63) is 65.7 Å². The van der Waals surface area contributed by atoms with Crippen LogP contribution in [0.1, 0.15) is 5.56 Å². The van der Waals surface area contributed by atoms with E-state index in [0.717, 1.165) is 27.7 Å². The maximum absolute atomic E-state index is 12.4. The van der Waals surface area contributed by atoms with Crippen molar-refractivity contribution in [2.45, 2.75) is 13.5 Å². The molecular weight excluding hydrogens is 346 g/mol. The molecule has 2 heterocycles. The van der Waals surface area contributed by atoms with Gasteiger partial charge in [0.05, 0.1) is 5.69 Å². The second kappa shape index (κ2) is 6.65. The SMILES string of the molecule is Cc1cn(CC(=O)Nc2nc(-c3ccc(O)cc3)cs2)c2ccccc12. The molecule has 1 amide bonds. The normalized spacial score (nSPS) is 11.0. The third-order valence-electron chi connectivity index (χ3n) is 4.22. The van der Waals surface area contributed by atoms with Crippen LogP contribution in [0.15, 0.2) is 60.1 Å². The van der Waals surface area contributed by atoms with Crippen molar-refractivity contribution in [2.75, 3.05) is 5.32 Å². The molecule has 2 aromatic carbocycles. The van der Waals surface area contributed by atoms with Gasteiger partial charge in [0.1, 0.15) is 12.3 Å². The summed E-state index contributed by atoms with van der Waals surface area (Å²) in [6.45, 7) is 2.28. The molecule has 130 valence electrons. The Morgan fingerprint density at radius 1 is 1.19 bits per heavy atom. The number of phenols is 1. The number of hydrogen-bond acceptors (Lipinski definition) is 4. The number of phenolic OH excluding ortho intramolecular Hbond substituents is 1. The fourth-order valence-corrected chi connectivity index (χ4v) is 3.71. The van der Waals surface area contributed by atoms with E-state index in [1.807, 2.05) is 41.3 Å². The Morgan fingerprint density at radius 2 is 1.96 bits per heavy atom. The number of para-hydroxylation sites is 1. The summed E-state index contributed by atoms with van der Waals surface area (Å²) in [5, 5.41) is 15.8. The van der Waals surface area contributed by atoms with E-state index in [2.05, 4.69) is 16.4 Å². The molecule has 0 aliphatic rings. The van der Waals surface area contributed by atoms with E-state index in [9.17, 15) is 9.90 Å². The molecule has 5 nitrogen and oxygen atoms in total. The molecule has 6 heteroatoms. The van der Waals surface area contributed by atoms with E-state index in [4.69, 9.17) is 0 Å². The molecule has 2 N–H and O–H groups in total. The molecule has 0 spiro atoms. The fourth-order valence-electron chi connectivity index (χ4n) is 2.97. The van der Waals surface area contributed by atoms with Crippen molar-refractivity contribution < 1.29 is 9.90 Å². The average molecular weight is 363 g/mol. The Hall–Kier alpha value is -3.12. The van der Waals surface area contributed by atoms with Crippen molar-refractivity contribution >= 4 is 33.3 Å². The Kier molecular flexibility index (Phi) is 4.18. The number of carbonyl (C=O) groups excluding carboxylic acids is 1. The van der Waals surface area contributed by atoms with E-state index < -0.39 is 0 Å². The molecule has 26 heavy (non-hydrogen) atoms. The van der Waals surface area contributed by atoms with Gasteiger partial charge < -0.3 is 15.0 Å². The monoisotopic (exact) mass is 363 g/mol. The first kappa shape index (κ1) is 16.4. The highest BCUT2D eigenvalue weighted by Gasteiger charge is 2.11. The summed E-state index contributed by atoms with van der Waals surface area (Å²) in [7, 11) is 0. The zero-order valence-electron chi connectivity index (χ0n) is 14.1. The molecule has 0 aliphatic heterocycles. The molecule has 0 radical (unpaired) electrons. The average Bonchev–Trinajstić information content (AvgIpc) is 3.21. The van der Waals surface area contributed by atoms with Crippen LogP contribution < -0.4 is 5.32 Å². The second-order valence-corrected chi connectivity index (χ2v) is 6.95. The van der Waals surface area contributed by atoms with E-state index >= 15 is 0 Å². The van der Waals surface area contributed by atoms with Gasteiger partial charge in [-0.25, -0.2) is 4.98 Å². The van der Waals surface area contributed by atoms with Crippen LogP contribution in [0.2, 0.25) is 0 Å². The molecule has 4 aromatic rings. The van der Waals surface area contributed by atoms with E-state index in [-0.39, 0.29) is 18.2 Å². The molecule has 0 saturated carbocycles. The van der Waals surface area contributed by atoms with Crippen molar-refractivity contribution in [3.8, 4) is 17.0 Å². The van der Waals surface area contributed by atoms with Crippen molar-refractivity contribution in [2.24, 2.45) is 0 Å². The number of rotatable bonds is 4. The number of aromatic hydroxyl groups is 1. The van der Waals surface area contributed by atoms with Gasteiger partial charge in [0.25, 0.3) is 0 Å². The number of nitrogens with one attached hydrogen (secondary N) is 1. The van der Waals surface area contributed by atoms with Gasteiger partial charge in [-0.05, 0) is 42.8 Å². The largest absolute Gasteiger partial charge is 0.508 e. The third-order valence-corrected chi connectivity index (χ3v) is 4.97. The summed E-state index contributed by atoms with van der Waals surface area (Å²) < 4.78 is 1.95. The van der Waals surface area contributed by atoms with Crippen LogP contribution in [-0.4, -0.2) is 20.6 Å². The van der Waals surface area contributed by atoms with E-state index in [1.54, 1.807) is 24.3 Å². The summed E-state index contributed by atoms with van der Waals surface area (Å²) in [6, 6.07) is 14.9. The van der Waals surface area contributed by atoms with Gasteiger partial charge in [-0.3, -0.25) is 4.79 Å². The second-order valence-electron chi connectivity index (χ2n) is 6.09. The standard InChI is InChI=1S/C20H17N3O2S/c1-13-10-23(18-5-3-2-4-16(13)18)11-19(25)22-20-21-17(12-26-20)14-6-8-15(24)9-7-14/h2-10,12,24H,11H2,1H3,(H,21,22,25). The first-order chi connectivity index (χ1) is 12.6. The summed E-state index contributed by atoms with van der Waals surface area (Å²) >= 11 is 1.38. The highest BCUT2D eigenvalue weighted by molar-refractivity contribution is 7.14. The Labute approximate surface area is 154 Å². The number of hydrogen-bond donors (Lipinski definition) is 2. The van der Waals surface area contributed by atoms with Gasteiger partial charge >= 0.3 is 0 Å². The maximum atomic E-state index is 12.4. The van der Waals surface area contributed by atoms with Gasteiger partial charge in [0.15, 0.2) is 5.13 Å². The molecule has 0 saturated heterocycles. The summed E-state index contributed by atoms with van der Waals surface area (Å²) in [4.78, 5) is 16.9. The number of aromatic nitrogens is 2. The first-order valence-corrected chi connectivity index (χ1v) is 9.07.